The van der Waals surface area contributed by atoms with Crippen molar-refractivity contribution in [3.05, 3.63) is 23.7 Å². The molecule has 4 N–H and O–H groups in total. The summed E-state index contributed by atoms with van der Waals surface area (Å²) in [5, 5.41) is 6.23. The van der Waals surface area contributed by atoms with Crippen LogP contribution < -0.4 is 16.4 Å². The quantitative estimate of drug-likeness (QED) is 0.365. The van der Waals surface area contributed by atoms with Gasteiger partial charge in [-0.25, -0.2) is 0 Å². The number of furan rings is 1. The van der Waals surface area contributed by atoms with Crippen molar-refractivity contribution in [2.24, 2.45) is 10.7 Å². The maximum Gasteiger partial charge on any atom is 0.284 e. The third-order valence-corrected chi connectivity index (χ3v) is 2.52. The van der Waals surface area contributed by atoms with E-state index in [4.69, 9.17) is 14.9 Å². The van der Waals surface area contributed by atoms with Crippen LogP contribution in [0.4, 0.5) is 0 Å². The van der Waals surface area contributed by atoms with Crippen molar-refractivity contribution >= 4 is 11.9 Å². The van der Waals surface area contributed by atoms with Crippen LogP contribution in [0.5, 0.6) is 0 Å². The topological polar surface area (TPSA) is 102 Å². The molecule has 0 fully saturated rings. The van der Waals surface area contributed by atoms with E-state index in [9.17, 15) is 4.79 Å². The molecule has 0 radical (unpaired) electrons. The maximum absolute atomic E-state index is 10.9. The van der Waals surface area contributed by atoms with E-state index >= 15 is 0 Å². The Labute approximate surface area is 118 Å². The zero-order valence-electron chi connectivity index (χ0n) is 11.9. The Kier molecular flexibility index (Phi) is 7.20. The molecule has 7 nitrogen and oxygen atoms in total. The number of carbonyl (C=O) groups excluding carboxylic acids is 1. The summed E-state index contributed by atoms with van der Waals surface area (Å²) in [5.74, 6) is 0.866. The van der Waals surface area contributed by atoms with Gasteiger partial charge in [-0.3, -0.25) is 9.79 Å². The number of nitrogens with zero attached hydrogens (tertiary/aromatic N) is 1. The van der Waals surface area contributed by atoms with Crippen LogP contribution in [0.2, 0.25) is 0 Å². The van der Waals surface area contributed by atoms with Crippen LogP contribution >= 0.6 is 0 Å². The van der Waals surface area contributed by atoms with E-state index in [0.717, 1.165) is 26.2 Å². The molecule has 1 heterocycles. The summed E-state index contributed by atoms with van der Waals surface area (Å²) < 4.78 is 10.5. The minimum Gasteiger partial charge on any atom is -0.454 e. The first kappa shape index (κ1) is 16.0. The fourth-order valence-electron chi connectivity index (χ4n) is 1.52. The Morgan fingerprint density at radius 1 is 1.45 bits per heavy atom. The summed E-state index contributed by atoms with van der Waals surface area (Å²) in [5.41, 5.74) is 5.11. The van der Waals surface area contributed by atoms with E-state index in [2.05, 4.69) is 15.6 Å². The van der Waals surface area contributed by atoms with E-state index in [0.29, 0.717) is 18.3 Å². The van der Waals surface area contributed by atoms with E-state index in [1.807, 2.05) is 6.92 Å². The maximum atomic E-state index is 10.9. The second kappa shape index (κ2) is 8.98. The summed E-state index contributed by atoms with van der Waals surface area (Å²) in [6.45, 7) is 4.62. The lowest BCUT2D eigenvalue weighted by Gasteiger charge is -2.10. The number of primary amides is 1. The molecular formula is C13H22N4O3. The highest BCUT2D eigenvalue weighted by Crippen LogP contribution is 2.06. The molecule has 0 spiro atoms. The molecule has 0 aliphatic carbocycles. The van der Waals surface area contributed by atoms with Gasteiger partial charge in [0, 0.05) is 26.8 Å². The first-order chi connectivity index (χ1) is 9.67. The van der Waals surface area contributed by atoms with Crippen molar-refractivity contribution in [2.75, 3.05) is 26.8 Å². The van der Waals surface area contributed by atoms with Crippen molar-refractivity contribution in [2.45, 2.75) is 19.9 Å². The van der Waals surface area contributed by atoms with Crippen molar-refractivity contribution in [3.63, 3.8) is 0 Å². The fourth-order valence-corrected chi connectivity index (χ4v) is 1.52. The largest absolute Gasteiger partial charge is 0.454 e. The lowest BCUT2D eigenvalue weighted by Crippen LogP contribution is -2.37. The minimum atomic E-state index is -0.574. The summed E-state index contributed by atoms with van der Waals surface area (Å²) in [6, 6.07) is 3.26. The van der Waals surface area contributed by atoms with Crippen molar-refractivity contribution < 1.29 is 13.9 Å². The molecule has 20 heavy (non-hydrogen) atoms. The number of rotatable bonds is 8. The smallest absolute Gasteiger partial charge is 0.284 e. The lowest BCUT2D eigenvalue weighted by atomic mass is 10.4. The number of ether oxygens (including phenoxy) is 1. The zero-order valence-corrected chi connectivity index (χ0v) is 11.9. The van der Waals surface area contributed by atoms with Crippen LogP contribution in [0.3, 0.4) is 0 Å². The van der Waals surface area contributed by atoms with Crippen molar-refractivity contribution in [1.82, 2.24) is 10.6 Å². The van der Waals surface area contributed by atoms with Crippen LogP contribution in [0.15, 0.2) is 21.5 Å². The van der Waals surface area contributed by atoms with Gasteiger partial charge in [0.25, 0.3) is 5.91 Å². The molecular weight excluding hydrogens is 260 g/mol. The number of amides is 1. The van der Waals surface area contributed by atoms with Crippen LogP contribution in [0.1, 0.15) is 29.7 Å². The SMILES string of the molecule is CCOCCCNC(=NC)NCc1ccc(C(N)=O)o1. The number of nitrogens with two attached hydrogens (primary N) is 1. The zero-order chi connectivity index (χ0) is 14.8. The highest BCUT2D eigenvalue weighted by molar-refractivity contribution is 5.89. The fraction of sp³-hybridized carbons (Fsp3) is 0.538. The lowest BCUT2D eigenvalue weighted by molar-refractivity contribution is 0.0972. The number of hydrogen-bond acceptors (Lipinski definition) is 4. The molecule has 0 aromatic carbocycles. The van der Waals surface area contributed by atoms with Crippen LogP contribution in [-0.4, -0.2) is 38.7 Å². The molecule has 0 aliphatic heterocycles. The molecule has 1 aromatic rings. The number of nitrogens with one attached hydrogen (secondary N) is 2. The van der Waals surface area contributed by atoms with Gasteiger partial charge in [-0.2, -0.15) is 0 Å². The Morgan fingerprint density at radius 3 is 2.85 bits per heavy atom. The van der Waals surface area contributed by atoms with Gasteiger partial charge < -0.3 is 25.5 Å². The van der Waals surface area contributed by atoms with Gasteiger partial charge >= 0.3 is 0 Å². The first-order valence-electron chi connectivity index (χ1n) is 6.58. The third-order valence-electron chi connectivity index (χ3n) is 2.52. The molecule has 1 amide bonds. The van der Waals surface area contributed by atoms with Crippen LogP contribution in [0.25, 0.3) is 0 Å². The van der Waals surface area contributed by atoms with Gasteiger partial charge in [-0.1, -0.05) is 0 Å². The Morgan fingerprint density at radius 2 is 2.25 bits per heavy atom. The Bertz CT molecular complexity index is 443. The van der Waals surface area contributed by atoms with Gasteiger partial charge in [0.1, 0.15) is 5.76 Å². The molecule has 0 saturated heterocycles. The number of guanidine groups is 1. The third kappa shape index (κ3) is 5.75. The van der Waals surface area contributed by atoms with E-state index in [1.165, 1.54) is 0 Å². The standard InChI is InChI=1S/C13H22N4O3/c1-3-19-8-4-7-16-13(15-2)17-9-10-5-6-11(20-10)12(14)18/h5-6H,3-4,7-9H2,1-2H3,(H2,14,18)(H2,15,16,17). The normalized spacial score (nSPS) is 11.4. The highest BCUT2D eigenvalue weighted by Gasteiger charge is 2.07. The molecule has 1 aromatic heterocycles. The molecule has 0 atom stereocenters. The van der Waals surface area contributed by atoms with Crippen molar-refractivity contribution in [3.8, 4) is 0 Å². The second-order valence-corrected chi connectivity index (χ2v) is 4.03. The predicted molar refractivity (Wildman–Crippen MR) is 76.5 cm³/mol. The average molecular weight is 282 g/mol. The van der Waals surface area contributed by atoms with Crippen molar-refractivity contribution in [1.29, 1.82) is 0 Å². The van der Waals surface area contributed by atoms with Gasteiger partial charge in [0.05, 0.1) is 6.54 Å². The van der Waals surface area contributed by atoms with Gasteiger partial charge in [-0.05, 0) is 25.5 Å². The first-order valence-corrected chi connectivity index (χ1v) is 6.58. The molecule has 7 heteroatoms. The van der Waals surface area contributed by atoms with Crippen LogP contribution in [-0.2, 0) is 11.3 Å². The highest BCUT2D eigenvalue weighted by atomic mass is 16.5. The molecule has 0 unspecified atom stereocenters. The second-order valence-electron chi connectivity index (χ2n) is 4.03. The van der Waals surface area contributed by atoms with Gasteiger partial charge in [0.15, 0.2) is 11.7 Å². The van der Waals surface area contributed by atoms with Crippen LogP contribution in [0, 0.1) is 0 Å². The molecule has 0 aliphatic rings. The molecule has 112 valence electrons. The predicted octanol–water partition coefficient (Wildman–Crippen LogP) is 0.470. The average Bonchev–Trinajstić information content (AvgIpc) is 2.91. The minimum absolute atomic E-state index is 0.154. The van der Waals surface area contributed by atoms with Gasteiger partial charge in [-0.15, -0.1) is 0 Å². The van der Waals surface area contributed by atoms with E-state index in [-0.39, 0.29) is 5.76 Å². The number of hydrogen-bond donors (Lipinski definition) is 3. The molecule has 0 saturated carbocycles. The molecule has 1 rings (SSSR count). The summed E-state index contributed by atoms with van der Waals surface area (Å²) in [6.07, 6.45) is 0.904. The van der Waals surface area contributed by atoms with E-state index < -0.39 is 5.91 Å². The van der Waals surface area contributed by atoms with E-state index in [1.54, 1.807) is 19.2 Å². The molecule has 0 bridgehead atoms. The monoisotopic (exact) mass is 282 g/mol. The summed E-state index contributed by atoms with van der Waals surface area (Å²) >= 11 is 0. The number of aliphatic imine (C=N–C) groups is 1. The summed E-state index contributed by atoms with van der Waals surface area (Å²) in [4.78, 5) is 15.0. The summed E-state index contributed by atoms with van der Waals surface area (Å²) in [7, 11) is 1.69. The van der Waals surface area contributed by atoms with Gasteiger partial charge in [0.2, 0.25) is 0 Å². The Hall–Kier alpha value is -2.02. The Balaban J connectivity index is 2.28. The number of carbonyl (C=O) groups is 1.